The van der Waals surface area contributed by atoms with Gasteiger partial charge in [0.1, 0.15) is 6.10 Å². The maximum Gasteiger partial charge on any atom is 0.302 e. The Hall–Kier alpha value is -0.530. The summed E-state index contributed by atoms with van der Waals surface area (Å²) in [6, 6.07) is 0. The summed E-state index contributed by atoms with van der Waals surface area (Å²) in [4.78, 5) is 10.5. The normalized spacial score (nSPS) is 28.9. The summed E-state index contributed by atoms with van der Waals surface area (Å²) in [5.41, 5.74) is 0.228. The molecule has 0 spiro atoms. The van der Waals surface area contributed by atoms with E-state index in [-0.39, 0.29) is 17.5 Å². The quantitative estimate of drug-likeness (QED) is 0.521. The van der Waals surface area contributed by atoms with E-state index >= 15 is 0 Å². The molecule has 1 aliphatic carbocycles. The first-order valence-electron chi connectivity index (χ1n) is 3.69. The van der Waals surface area contributed by atoms with Gasteiger partial charge in [0.05, 0.1) is 0 Å². The van der Waals surface area contributed by atoms with Crippen molar-refractivity contribution in [3.05, 3.63) is 0 Å². The molecule has 1 atom stereocenters. The van der Waals surface area contributed by atoms with Crippen LogP contribution >= 0.6 is 0 Å². The van der Waals surface area contributed by atoms with Crippen molar-refractivity contribution in [2.45, 2.75) is 39.7 Å². The van der Waals surface area contributed by atoms with Crippen LogP contribution in [0.2, 0.25) is 0 Å². The molecule has 2 nitrogen and oxygen atoms in total. The fraction of sp³-hybridized carbons (Fsp3) is 0.875. The Balaban J connectivity index is 2.37. The lowest BCUT2D eigenvalue weighted by Gasteiger charge is -2.43. The van der Waals surface area contributed by atoms with Crippen molar-refractivity contribution >= 4 is 5.97 Å². The van der Waals surface area contributed by atoms with E-state index in [1.807, 2.05) is 0 Å². The van der Waals surface area contributed by atoms with Crippen LogP contribution in [0.4, 0.5) is 0 Å². The molecule has 1 rings (SSSR count). The lowest BCUT2D eigenvalue weighted by Crippen LogP contribution is -2.42. The molecule has 0 aromatic carbocycles. The van der Waals surface area contributed by atoms with E-state index in [4.69, 9.17) is 4.74 Å². The monoisotopic (exact) mass is 142 g/mol. The van der Waals surface area contributed by atoms with E-state index in [0.717, 1.165) is 6.42 Å². The van der Waals surface area contributed by atoms with Crippen molar-refractivity contribution in [1.82, 2.24) is 0 Å². The second-order valence-electron chi connectivity index (χ2n) is 3.63. The third-order valence-electron chi connectivity index (χ3n) is 2.23. The van der Waals surface area contributed by atoms with Gasteiger partial charge in [-0.3, -0.25) is 4.79 Å². The molecule has 0 saturated heterocycles. The molecule has 10 heavy (non-hydrogen) atoms. The third-order valence-corrected chi connectivity index (χ3v) is 2.23. The Morgan fingerprint density at radius 1 is 1.60 bits per heavy atom. The Kier molecular flexibility index (Phi) is 1.71. The van der Waals surface area contributed by atoms with Crippen LogP contribution in [-0.4, -0.2) is 12.1 Å². The lowest BCUT2D eigenvalue weighted by atomic mass is 9.69. The molecule has 0 aromatic heterocycles. The Morgan fingerprint density at radius 3 is 2.30 bits per heavy atom. The Morgan fingerprint density at radius 2 is 2.20 bits per heavy atom. The van der Waals surface area contributed by atoms with Crippen molar-refractivity contribution < 1.29 is 9.53 Å². The minimum Gasteiger partial charge on any atom is -0.462 e. The predicted octanol–water partition coefficient (Wildman–Crippen LogP) is 1.74. The van der Waals surface area contributed by atoms with Crippen LogP contribution in [-0.2, 0) is 9.53 Å². The van der Waals surface area contributed by atoms with Crippen LogP contribution in [0.25, 0.3) is 0 Å². The highest BCUT2D eigenvalue weighted by atomic mass is 16.5. The highest BCUT2D eigenvalue weighted by Gasteiger charge is 2.40. The summed E-state index contributed by atoms with van der Waals surface area (Å²) in [5, 5.41) is 0. The Labute approximate surface area is 61.6 Å². The summed E-state index contributed by atoms with van der Waals surface area (Å²) in [6.45, 7) is 5.72. The minimum atomic E-state index is -0.155. The van der Waals surface area contributed by atoms with E-state index in [2.05, 4.69) is 13.8 Å². The average Bonchev–Trinajstić information content (AvgIpc) is 1.81. The largest absolute Gasteiger partial charge is 0.462 e. The molecule has 0 aromatic rings. The van der Waals surface area contributed by atoms with E-state index in [1.165, 1.54) is 13.3 Å². The molecule has 0 radical (unpaired) electrons. The average molecular weight is 142 g/mol. The molecular formula is C8H14O2. The number of esters is 1. The topological polar surface area (TPSA) is 26.3 Å². The van der Waals surface area contributed by atoms with Crippen molar-refractivity contribution in [3.8, 4) is 0 Å². The van der Waals surface area contributed by atoms with Crippen LogP contribution < -0.4 is 0 Å². The van der Waals surface area contributed by atoms with Gasteiger partial charge < -0.3 is 4.74 Å². The summed E-state index contributed by atoms with van der Waals surface area (Å²) >= 11 is 0. The zero-order chi connectivity index (χ0) is 7.78. The van der Waals surface area contributed by atoms with Crippen molar-refractivity contribution in [3.63, 3.8) is 0 Å². The zero-order valence-electron chi connectivity index (χ0n) is 6.81. The van der Waals surface area contributed by atoms with Crippen molar-refractivity contribution in [2.24, 2.45) is 5.41 Å². The maximum absolute atomic E-state index is 10.5. The molecule has 0 aliphatic heterocycles. The van der Waals surface area contributed by atoms with Gasteiger partial charge in [0.2, 0.25) is 0 Å². The lowest BCUT2D eigenvalue weighted by molar-refractivity contribution is -0.162. The maximum atomic E-state index is 10.5. The summed E-state index contributed by atoms with van der Waals surface area (Å²) in [5.74, 6) is -0.155. The molecule has 58 valence electrons. The third kappa shape index (κ3) is 1.31. The molecule has 1 unspecified atom stereocenters. The number of rotatable bonds is 1. The Bertz CT molecular complexity index is 149. The smallest absolute Gasteiger partial charge is 0.302 e. The molecule has 0 N–H and O–H groups in total. The zero-order valence-corrected chi connectivity index (χ0v) is 6.81. The predicted molar refractivity (Wildman–Crippen MR) is 38.6 cm³/mol. The second kappa shape index (κ2) is 2.26. The number of ether oxygens (including phenoxy) is 1. The molecule has 0 amide bonds. The first-order valence-corrected chi connectivity index (χ1v) is 3.69. The highest BCUT2D eigenvalue weighted by Crippen LogP contribution is 2.42. The number of hydrogen-bond donors (Lipinski definition) is 0. The van der Waals surface area contributed by atoms with E-state index in [0.29, 0.717) is 0 Å². The fourth-order valence-corrected chi connectivity index (χ4v) is 1.26. The summed E-state index contributed by atoms with van der Waals surface area (Å²) in [7, 11) is 0. The van der Waals surface area contributed by atoms with Gasteiger partial charge in [-0.05, 0) is 12.8 Å². The molecule has 1 aliphatic rings. The van der Waals surface area contributed by atoms with Gasteiger partial charge in [-0.15, -0.1) is 0 Å². The first-order chi connectivity index (χ1) is 4.52. The van der Waals surface area contributed by atoms with Gasteiger partial charge in [-0.2, -0.15) is 0 Å². The van der Waals surface area contributed by atoms with Gasteiger partial charge in [-0.25, -0.2) is 0 Å². The van der Waals surface area contributed by atoms with Gasteiger partial charge in [0.15, 0.2) is 0 Å². The van der Waals surface area contributed by atoms with E-state index < -0.39 is 0 Å². The standard InChI is InChI=1S/C8H14O2/c1-6(9)10-7-4-5-8(7,2)3/h7H,4-5H2,1-3H3. The number of carbonyl (C=O) groups excluding carboxylic acids is 1. The second-order valence-corrected chi connectivity index (χ2v) is 3.63. The van der Waals surface area contributed by atoms with Gasteiger partial charge in [-0.1, -0.05) is 13.8 Å². The van der Waals surface area contributed by atoms with Crippen molar-refractivity contribution in [1.29, 1.82) is 0 Å². The minimum absolute atomic E-state index is 0.155. The van der Waals surface area contributed by atoms with Gasteiger partial charge in [0, 0.05) is 12.3 Å². The van der Waals surface area contributed by atoms with Crippen LogP contribution in [0.1, 0.15) is 33.6 Å². The van der Waals surface area contributed by atoms with Crippen molar-refractivity contribution in [2.75, 3.05) is 0 Å². The molecule has 0 bridgehead atoms. The molecular weight excluding hydrogens is 128 g/mol. The number of carbonyl (C=O) groups is 1. The van der Waals surface area contributed by atoms with Gasteiger partial charge in [0.25, 0.3) is 0 Å². The number of hydrogen-bond acceptors (Lipinski definition) is 2. The SMILES string of the molecule is CC(=O)OC1CCC1(C)C. The summed E-state index contributed by atoms with van der Waals surface area (Å²) < 4.78 is 5.06. The molecule has 2 heteroatoms. The molecule has 1 fully saturated rings. The van der Waals surface area contributed by atoms with Crippen LogP contribution in [0.15, 0.2) is 0 Å². The fourth-order valence-electron chi connectivity index (χ4n) is 1.26. The van der Waals surface area contributed by atoms with Crippen LogP contribution in [0.5, 0.6) is 0 Å². The molecule has 0 heterocycles. The highest BCUT2D eigenvalue weighted by molar-refractivity contribution is 5.66. The molecule has 1 saturated carbocycles. The van der Waals surface area contributed by atoms with Crippen LogP contribution in [0.3, 0.4) is 0 Å². The van der Waals surface area contributed by atoms with E-state index in [9.17, 15) is 4.79 Å². The first kappa shape index (κ1) is 7.58. The van der Waals surface area contributed by atoms with E-state index in [1.54, 1.807) is 0 Å². The van der Waals surface area contributed by atoms with Gasteiger partial charge >= 0.3 is 5.97 Å². The summed E-state index contributed by atoms with van der Waals surface area (Å²) in [6.07, 6.45) is 2.38. The van der Waals surface area contributed by atoms with Crippen LogP contribution in [0, 0.1) is 5.41 Å².